The van der Waals surface area contributed by atoms with E-state index in [1.165, 1.54) is 0 Å². The number of nitrogens with two attached hydrogens (primary N) is 1. The zero-order valence-corrected chi connectivity index (χ0v) is 14.4. The van der Waals surface area contributed by atoms with E-state index in [-0.39, 0.29) is 18.1 Å². The summed E-state index contributed by atoms with van der Waals surface area (Å²) < 4.78 is 0. The number of aliphatic hydroxyl groups excluding tert-OH is 1. The van der Waals surface area contributed by atoms with Crippen LogP contribution in [0.5, 0.6) is 0 Å². The largest absolute Gasteiger partial charge is 0.391 e. The van der Waals surface area contributed by atoms with E-state index >= 15 is 0 Å². The summed E-state index contributed by atoms with van der Waals surface area (Å²) in [4.78, 5) is 27.6. The molecule has 0 aromatic heterocycles. The number of rotatable bonds is 4. The van der Waals surface area contributed by atoms with Crippen LogP contribution in [0, 0.1) is 0 Å². The normalized spacial score (nSPS) is 24.3. The Bertz CT molecular complexity index is 611. The standard InChI is InChI=1S/C18H26N4O3/c19-18(25)20-12-13-4-6-14(7-5-13)17(24)22-10-8-21(9-11-22)15-2-1-3-16(15)23/h4-7,15-16,23H,1-3,8-12H2,(H3,19,20,25)/t15-,16+/m0/s1. The fourth-order valence-corrected chi connectivity index (χ4v) is 3.74. The summed E-state index contributed by atoms with van der Waals surface area (Å²) in [5.74, 6) is 0.0287. The fraction of sp³-hybridized carbons (Fsp3) is 0.556. The van der Waals surface area contributed by atoms with Crippen molar-refractivity contribution in [3.8, 4) is 0 Å². The second kappa shape index (κ2) is 7.84. The average molecular weight is 346 g/mol. The van der Waals surface area contributed by atoms with Crippen LogP contribution < -0.4 is 11.1 Å². The molecule has 0 unspecified atom stereocenters. The molecule has 1 saturated heterocycles. The van der Waals surface area contributed by atoms with Crippen LogP contribution in [0.3, 0.4) is 0 Å². The Morgan fingerprint density at radius 3 is 2.36 bits per heavy atom. The molecule has 1 aliphatic heterocycles. The van der Waals surface area contributed by atoms with Crippen LogP contribution >= 0.6 is 0 Å². The highest BCUT2D eigenvalue weighted by atomic mass is 16.3. The summed E-state index contributed by atoms with van der Waals surface area (Å²) in [6, 6.07) is 6.92. The van der Waals surface area contributed by atoms with Crippen molar-refractivity contribution in [2.45, 2.75) is 38.0 Å². The number of carbonyl (C=O) groups is 2. The molecule has 1 saturated carbocycles. The Morgan fingerprint density at radius 2 is 1.80 bits per heavy atom. The summed E-state index contributed by atoms with van der Waals surface area (Å²) in [6.07, 6.45) is 2.81. The average Bonchev–Trinajstić information content (AvgIpc) is 3.06. The van der Waals surface area contributed by atoms with E-state index in [9.17, 15) is 14.7 Å². The maximum absolute atomic E-state index is 12.6. The third kappa shape index (κ3) is 4.29. The molecule has 3 rings (SSSR count). The van der Waals surface area contributed by atoms with Gasteiger partial charge in [-0.05, 0) is 37.0 Å². The van der Waals surface area contributed by atoms with Crippen LogP contribution in [-0.4, -0.2) is 65.2 Å². The molecule has 1 aromatic rings. The molecule has 7 heteroatoms. The van der Waals surface area contributed by atoms with E-state index in [0.29, 0.717) is 25.2 Å². The van der Waals surface area contributed by atoms with Gasteiger partial charge < -0.3 is 21.1 Å². The highest BCUT2D eigenvalue weighted by Gasteiger charge is 2.33. The van der Waals surface area contributed by atoms with Crippen molar-refractivity contribution in [1.82, 2.24) is 15.1 Å². The van der Waals surface area contributed by atoms with Crippen molar-refractivity contribution in [2.24, 2.45) is 5.73 Å². The van der Waals surface area contributed by atoms with Gasteiger partial charge in [-0.3, -0.25) is 9.69 Å². The van der Waals surface area contributed by atoms with Crippen LogP contribution in [0.15, 0.2) is 24.3 Å². The number of aliphatic hydroxyl groups is 1. The molecule has 2 atom stereocenters. The lowest BCUT2D eigenvalue weighted by Crippen LogP contribution is -2.53. The van der Waals surface area contributed by atoms with Crippen molar-refractivity contribution in [2.75, 3.05) is 26.2 Å². The van der Waals surface area contributed by atoms with Gasteiger partial charge in [-0.15, -0.1) is 0 Å². The van der Waals surface area contributed by atoms with Crippen LogP contribution in [0.2, 0.25) is 0 Å². The smallest absolute Gasteiger partial charge is 0.312 e. The Morgan fingerprint density at radius 1 is 1.12 bits per heavy atom. The van der Waals surface area contributed by atoms with E-state index in [2.05, 4.69) is 10.2 Å². The number of amides is 3. The molecule has 4 N–H and O–H groups in total. The van der Waals surface area contributed by atoms with E-state index in [1.807, 2.05) is 17.0 Å². The van der Waals surface area contributed by atoms with Crippen LogP contribution in [0.1, 0.15) is 35.2 Å². The molecule has 0 bridgehead atoms. The number of hydrogen-bond acceptors (Lipinski definition) is 4. The number of benzene rings is 1. The summed E-state index contributed by atoms with van der Waals surface area (Å²) in [6.45, 7) is 3.36. The topological polar surface area (TPSA) is 98.9 Å². The molecule has 1 aromatic carbocycles. The van der Waals surface area contributed by atoms with Gasteiger partial charge >= 0.3 is 6.03 Å². The fourth-order valence-electron chi connectivity index (χ4n) is 3.74. The van der Waals surface area contributed by atoms with Crippen LogP contribution in [-0.2, 0) is 6.54 Å². The Kier molecular flexibility index (Phi) is 5.55. The second-order valence-corrected chi connectivity index (χ2v) is 6.81. The lowest BCUT2D eigenvalue weighted by molar-refractivity contribution is 0.0315. The Balaban J connectivity index is 1.52. The molecular formula is C18H26N4O3. The molecule has 0 radical (unpaired) electrons. The van der Waals surface area contributed by atoms with E-state index < -0.39 is 6.03 Å². The molecule has 3 amide bonds. The second-order valence-electron chi connectivity index (χ2n) is 6.81. The Labute approximate surface area is 147 Å². The Hall–Kier alpha value is -2.12. The van der Waals surface area contributed by atoms with E-state index in [4.69, 9.17) is 5.73 Å². The number of nitrogens with one attached hydrogen (secondary N) is 1. The number of primary amides is 1. The first kappa shape index (κ1) is 17.7. The minimum Gasteiger partial charge on any atom is -0.391 e. The molecule has 7 nitrogen and oxygen atoms in total. The highest BCUT2D eigenvalue weighted by molar-refractivity contribution is 5.94. The van der Waals surface area contributed by atoms with Crippen molar-refractivity contribution in [3.05, 3.63) is 35.4 Å². The van der Waals surface area contributed by atoms with Crippen LogP contribution in [0.25, 0.3) is 0 Å². The van der Waals surface area contributed by atoms with Gasteiger partial charge in [0.2, 0.25) is 0 Å². The van der Waals surface area contributed by atoms with Crippen molar-refractivity contribution in [1.29, 1.82) is 0 Å². The summed E-state index contributed by atoms with van der Waals surface area (Å²) >= 11 is 0. The van der Waals surface area contributed by atoms with Gasteiger partial charge in [0.25, 0.3) is 5.91 Å². The van der Waals surface area contributed by atoms with Crippen molar-refractivity contribution >= 4 is 11.9 Å². The van der Waals surface area contributed by atoms with E-state index in [1.54, 1.807) is 12.1 Å². The maximum atomic E-state index is 12.6. The monoisotopic (exact) mass is 346 g/mol. The van der Waals surface area contributed by atoms with Gasteiger partial charge in [-0.1, -0.05) is 12.1 Å². The summed E-state index contributed by atoms with van der Waals surface area (Å²) in [7, 11) is 0. The predicted molar refractivity (Wildman–Crippen MR) is 94.0 cm³/mol. The SMILES string of the molecule is NC(=O)NCc1ccc(C(=O)N2CCN([C@H]3CCC[C@H]3O)CC2)cc1. The number of piperazine rings is 1. The van der Waals surface area contributed by atoms with Gasteiger partial charge in [-0.2, -0.15) is 0 Å². The summed E-state index contributed by atoms with van der Waals surface area (Å²) in [5, 5.41) is 12.6. The molecule has 136 valence electrons. The minimum atomic E-state index is -0.564. The minimum absolute atomic E-state index is 0.0287. The van der Waals surface area contributed by atoms with E-state index in [0.717, 1.165) is 37.9 Å². The lowest BCUT2D eigenvalue weighted by Gasteiger charge is -2.39. The first-order valence-electron chi connectivity index (χ1n) is 8.88. The quantitative estimate of drug-likeness (QED) is 0.740. The van der Waals surface area contributed by atoms with Gasteiger partial charge in [0.1, 0.15) is 0 Å². The lowest BCUT2D eigenvalue weighted by atomic mass is 10.1. The van der Waals surface area contributed by atoms with Gasteiger partial charge in [0.15, 0.2) is 0 Å². The molecule has 1 aliphatic carbocycles. The van der Waals surface area contributed by atoms with Crippen LogP contribution in [0.4, 0.5) is 4.79 Å². The number of nitrogens with zero attached hydrogens (tertiary/aromatic N) is 2. The molecule has 0 spiro atoms. The molecule has 2 aliphatic rings. The predicted octanol–water partition coefficient (Wildman–Crippen LogP) is 0.526. The third-order valence-electron chi connectivity index (χ3n) is 5.18. The molecule has 2 fully saturated rings. The highest BCUT2D eigenvalue weighted by Crippen LogP contribution is 2.25. The van der Waals surface area contributed by atoms with Gasteiger partial charge in [0, 0.05) is 44.3 Å². The maximum Gasteiger partial charge on any atom is 0.312 e. The van der Waals surface area contributed by atoms with Crippen molar-refractivity contribution in [3.63, 3.8) is 0 Å². The number of hydrogen-bond donors (Lipinski definition) is 3. The molecule has 1 heterocycles. The zero-order valence-electron chi connectivity index (χ0n) is 14.4. The molecular weight excluding hydrogens is 320 g/mol. The van der Waals surface area contributed by atoms with Gasteiger partial charge in [0.05, 0.1) is 6.10 Å². The molecule has 25 heavy (non-hydrogen) atoms. The zero-order chi connectivity index (χ0) is 17.8. The number of carbonyl (C=O) groups excluding carboxylic acids is 2. The first-order chi connectivity index (χ1) is 12.0. The summed E-state index contributed by atoms with van der Waals surface area (Å²) in [5.41, 5.74) is 6.60. The third-order valence-corrected chi connectivity index (χ3v) is 5.18. The number of urea groups is 1. The first-order valence-corrected chi connectivity index (χ1v) is 8.88. The van der Waals surface area contributed by atoms with Gasteiger partial charge in [-0.25, -0.2) is 4.79 Å². The van der Waals surface area contributed by atoms with Crippen molar-refractivity contribution < 1.29 is 14.7 Å².